The predicted octanol–water partition coefficient (Wildman–Crippen LogP) is 4.27. The first-order valence-corrected chi connectivity index (χ1v) is 8.85. The van der Waals surface area contributed by atoms with Crippen molar-refractivity contribution in [1.82, 2.24) is 4.98 Å². The van der Waals surface area contributed by atoms with Crippen LogP contribution in [0.25, 0.3) is 21.9 Å². The van der Waals surface area contributed by atoms with E-state index in [0.717, 1.165) is 14.7 Å². The number of carbonyl (C=O) groups is 1. The number of thiazole rings is 1. The van der Waals surface area contributed by atoms with Crippen molar-refractivity contribution in [1.29, 1.82) is 0 Å². The summed E-state index contributed by atoms with van der Waals surface area (Å²) in [7, 11) is 0. The zero-order valence-electron chi connectivity index (χ0n) is 12.5. The Hall–Kier alpha value is -2.05. The molecular formula is C18H12BrFNO2S-. The minimum absolute atomic E-state index is 0.141. The number of aromatic nitrogens is 1. The average molecular weight is 405 g/mol. The van der Waals surface area contributed by atoms with E-state index >= 15 is 0 Å². The molecule has 0 spiro atoms. The number of carboxylic acids is 1. The quantitative estimate of drug-likeness (QED) is 0.637. The molecule has 0 amide bonds. The Morgan fingerprint density at radius 1 is 1.25 bits per heavy atom. The highest BCUT2D eigenvalue weighted by atomic mass is 79.9. The standard InChI is InChI=1S/C18H13BrFNO2S/c19-13-6-7-14(20)12(10-13)9-11(5-8-17(22)23)18-21-15-3-1-2-4-16(15)24-18/h1-4,6-7,9-10H,5,8H2,(H,22,23)/p-1/b11-9+. The van der Waals surface area contributed by atoms with Gasteiger partial charge in [0.1, 0.15) is 10.8 Å². The fourth-order valence-corrected chi connectivity index (χ4v) is 3.69. The van der Waals surface area contributed by atoms with E-state index in [1.165, 1.54) is 17.4 Å². The van der Waals surface area contributed by atoms with Gasteiger partial charge in [-0.1, -0.05) is 28.1 Å². The first kappa shape index (κ1) is 16.8. The molecule has 2 aromatic carbocycles. The van der Waals surface area contributed by atoms with E-state index in [4.69, 9.17) is 0 Å². The SMILES string of the molecule is O=C([O-])CC/C(=C\c1cc(Br)ccc1F)c1nc2ccccc2s1. The van der Waals surface area contributed by atoms with Gasteiger partial charge < -0.3 is 9.90 Å². The molecule has 122 valence electrons. The van der Waals surface area contributed by atoms with Crippen molar-refractivity contribution in [3.05, 3.63) is 63.3 Å². The van der Waals surface area contributed by atoms with Crippen LogP contribution in [0.2, 0.25) is 0 Å². The van der Waals surface area contributed by atoms with Crippen molar-refractivity contribution in [3.63, 3.8) is 0 Å². The number of nitrogens with zero attached hydrogens (tertiary/aromatic N) is 1. The Bertz CT molecular complexity index is 903. The van der Waals surface area contributed by atoms with Gasteiger partial charge in [0.2, 0.25) is 0 Å². The maximum absolute atomic E-state index is 14.0. The molecular weight excluding hydrogens is 393 g/mol. The molecule has 0 N–H and O–H groups in total. The molecule has 0 saturated carbocycles. The van der Waals surface area contributed by atoms with Crippen LogP contribution in [-0.4, -0.2) is 11.0 Å². The van der Waals surface area contributed by atoms with Gasteiger partial charge in [0.25, 0.3) is 0 Å². The second-order valence-electron chi connectivity index (χ2n) is 5.19. The summed E-state index contributed by atoms with van der Waals surface area (Å²) in [6.45, 7) is 0. The number of benzene rings is 2. The molecule has 0 atom stereocenters. The van der Waals surface area contributed by atoms with Gasteiger partial charge in [-0.25, -0.2) is 9.37 Å². The number of rotatable bonds is 5. The summed E-state index contributed by atoms with van der Waals surface area (Å²) >= 11 is 4.78. The number of hydrogen-bond acceptors (Lipinski definition) is 4. The fraction of sp³-hybridized carbons (Fsp3) is 0.111. The van der Waals surface area contributed by atoms with Gasteiger partial charge in [0.15, 0.2) is 0 Å². The lowest BCUT2D eigenvalue weighted by Gasteiger charge is -2.07. The maximum atomic E-state index is 14.0. The van der Waals surface area contributed by atoms with Crippen LogP contribution >= 0.6 is 27.3 Å². The van der Waals surface area contributed by atoms with Crippen LogP contribution in [0.1, 0.15) is 23.4 Å². The fourth-order valence-electron chi connectivity index (χ4n) is 2.30. The summed E-state index contributed by atoms with van der Waals surface area (Å²) in [5.41, 5.74) is 1.90. The monoisotopic (exact) mass is 404 g/mol. The predicted molar refractivity (Wildman–Crippen MR) is 95.8 cm³/mol. The summed E-state index contributed by atoms with van der Waals surface area (Å²) in [6, 6.07) is 12.3. The Balaban J connectivity index is 2.06. The highest BCUT2D eigenvalue weighted by molar-refractivity contribution is 9.10. The maximum Gasteiger partial charge on any atom is 0.130 e. The normalized spacial score (nSPS) is 11.8. The number of carboxylic acid groups (broad SMARTS) is 1. The van der Waals surface area contributed by atoms with Crippen molar-refractivity contribution in [3.8, 4) is 0 Å². The number of hydrogen-bond donors (Lipinski definition) is 0. The van der Waals surface area contributed by atoms with Gasteiger partial charge in [-0.05, 0) is 54.8 Å². The summed E-state index contributed by atoms with van der Waals surface area (Å²) in [5.74, 6) is -1.51. The molecule has 6 heteroatoms. The highest BCUT2D eigenvalue weighted by Gasteiger charge is 2.11. The third-order valence-electron chi connectivity index (χ3n) is 3.45. The van der Waals surface area contributed by atoms with Gasteiger partial charge in [0.05, 0.1) is 10.2 Å². The van der Waals surface area contributed by atoms with E-state index in [-0.39, 0.29) is 18.7 Å². The van der Waals surface area contributed by atoms with Crippen LogP contribution in [-0.2, 0) is 4.79 Å². The molecule has 3 nitrogen and oxygen atoms in total. The second kappa shape index (κ2) is 7.23. The first-order valence-electron chi connectivity index (χ1n) is 7.24. The van der Waals surface area contributed by atoms with Crippen molar-refractivity contribution >= 4 is 55.1 Å². The van der Waals surface area contributed by atoms with E-state index < -0.39 is 5.97 Å². The van der Waals surface area contributed by atoms with E-state index in [0.29, 0.717) is 16.1 Å². The third-order valence-corrected chi connectivity index (χ3v) is 5.06. The van der Waals surface area contributed by atoms with Crippen molar-refractivity contribution in [2.75, 3.05) is 0 Å². The summed E-state index contributed by atoms with van der Waals surface area (Å²) in [4.78, 5) is 15.4. The molecule has 0 bridgehead atoms. The molecule has 0 aliphatic rings. The van der Waals surface area contributed by atoms with Crippen molar-refractivity contribution < 1.29 is 14.3 Å². The number of halogens is 2. The Morgan fingerprint density at radius 2 is 2.04 bits per heavy atom. The van der Waals surface area contributed by atoms with Gasteiger partial charge in [-0.15, -0.1) is 11.3 Å². The van der Waals surface area contributed by atoms with Crippen LogP contribution in [0.5, 0.6) is 0 Å². The van der Waals surface area contributed by atoms with Gasteiger partial charge in [-0.3, -0.25) is 0 Å². The van der Waals surface area contributed by atoms with Crippen LogP contribution in [0.3, 0.4) is 0 Å². The molecule has 0 fully saturated rings. The zero-order chi connectivity index (χ0) is 17.1. The number of para-hydroxylation sites is 1. The van der Waals surface area contributed by atoms with Crippen molar-refractivity contribution in [2.24, 2.45) is 0 Å². The molecule has 0 radical (unpaired) electrons. The molecule has 24 heavy (non-hydrogen) atoms. The van der Waals surface area contributed by atoms with Gasteiger partial charge in [-0.2, -0.15) is 0 Å². The molecule has 0 unspecified atom stereocenters. The van der Waals surface area contributed by atoms with E-state index in [1.54, 1.807) is 18.2 Å². The Morgan fingerprint density at radius 3 is 2.79 bits per heavy atom. The molecule has 1 aromatic heterocycles. The zero-order valence-corrected chi connectivity index (χ0v) is 14.9. The molecule has 0 aliphatic carbocycles. The smallest absolute Gasteiger partial charge is 0.130 e. The van der Waals surface area contributed by atoms with Crippen LogP contribution in [0.4, 0.5) is 4.39 Å². The lowest BCUT2D eigenvalue weighted by Crippen LogP contribution is -2.21. The minimum atomic E-state index is -1.14. The average Bonchev–Trinajstić information content (AvgIpc) is 2.98. The van der Waals surface area contributed by atoms with Crippen LogP contribution < -0.4 is 5.11 Å². The highest BCUT2D eigenvalue weighted by Crippen LogP contribution is 2.31. The summed E-state index contributed by atoms with van der Waals surface area (Å²) in [5, 5.41) is 11.5. The largest absolute Gasteiger partial charge is 0.550 e. The van der Waals surface area contributed by atoms with Crippen LogP contribution in [0.15, 0.2) is 46.9 Å². The molecule has 3 rings (SSSR count). The molecule has 1 heterocycles. The topological polar surface area (TPSA) is 53.0 Å². The number of allylic oxidation sites excluding steroid dienone is 1. The van der Waals surface area contributed by atoms with Crippen LogP contribution in [0, 0.1) is 5.82 Å². The van der Waals surface area contributed by atoms with E-state index in [2.05, 4.69) is 20.9 Å². The summed E-state index contributed by atoms with van der Waals surface area (Å²) < 4.78 is 15.8. The van der Waals surface area contributed by atoms with E-state index in [9.17, 15) is 14.3 Å². The summed E-state index contributed by atoms with van der Waals surface area (Å²) in [6.07, 6.45) is 1.74. The lowest BCUT2D eigenvalue weighted by atomic mass is 10.1. The third kappa shape index (κ3) is 3.88. The minimum Gasteiger partial charge on any atom is -0.550 e. The molecule has 0 aliphatic heterocycles. The Kier molecular flexibility index (Phi) is 5.06. The molecule has 0 saturated heterocycles. The number of carbonyl (C=O) groups excluding carboxylic acids is 1. The lowest BCUT2D eigenvalue weighted by molar-refractivity contribution is -0.305. The van der Waals surface area contributed by atoms with Crippen molar-refractivity contribution in [2.45, 2.75) is 12.8 Å². The van der Waals surface area contributed by atoms with Gasteiger partial charge >= 0.3 is 0 Å². The van der Waals surface area contributed by atoms with E-state index in [1.807, 2.05) is 24.3 Å². The first-order chi connectivity index (χ1) is 11.5. The number of aliphatic carboxylic acids is 1. The van der Waals surface area contributed by atoms with Gasteiger partial charge in [0, 0.05) is 16.0 Å². The Labute approximate surface area is 150 Å². The molecule has 3 aromatic rings. The number of fused-ring (bicyclic) bond motifs is 1. The second-order valence-corrected chi connectivity index (χ2v) is 7.14.